The van der Waals surface area contributed by atoms with Gasteiger partial charge in [0.25, 0.3) is 5.69 Å². The molecular weight excluding hydrogens is 522 g/mol. The predicted octanol–water partition coefficient (Wildman–Crippen LogP) is 6.00. The first-order chi connectivity index (χ1) is 18.9. The first kappa shape index (κ1) is 31.8. The van der Waals surface area contributed by atoms with Gasteiger partial charge < -0.3 is 28.2 Å². The number of carbonyl (C=O) groups is 1. The van der Waals surface area contributed by atoms with Crippen LogP contribution in [0, 0.1) is 10.1 Å². The van der Waals surface area contributed by atoms with Gasteiger partial charge in [-0.3, -0.25) is 10.1 Å². The molecule has 0 radical (unpaired) electrons. The summed E-state index contributed by atoms with van der Waals surface area (Å²) in [5.74, 6) is 0. The smallest absolute Gasteiger partial charge is 0.448 e. The summed E-state index contributed by atoms with van der Waals surface area (Å²) >= 11 is 0. The molecule has 0 aliphatic rings. The molecule has 0 atom stereocenters. The minimum Gasteiger partial charge on any atom is -0.448 e. The summed E-state index contributed by atoms with van der Waals surface area (Å²) in [4.78, 5) is 24.5. The van der Waals surface area contributed by atoms with Crippen molar-refractivity contribution in [2.75, 3.05) is 51.0 Å². The van der Waals surface area contributed by atoms with Gasteiger partial charge in [0.1, 0.15) is 6.61 Å². The van der Waals surface area contributed by atoms with E-state index in [4.69, 9.17) is 18.0 Å². The maximum atomic E-state index is 12.1. The molecule has 39 heavy (non-hydrogen) atoms. The predicted molar refractivity (Wildman–Crippen MR) is 151 cm³/mol. The Morgan fingerprint density at radius 1 is 0.923 bits per heavy atom. The van der Waals surface area contributed by atoms with E-state index in [0.29, 0.717) is 56.7 Å². The lowest BCUT2D eigenvalue weighted by molar-refractivity contribution is -0.384. The first-order valence-corrected chi connectivity index (χ1v) is 15.1. The van der Waals surface area contributed by atoms with Crippen LogP contribution >= 0.6 is 0 Å². The number of non-ortho nitro benzene ring substituents is 1. The van der Waals surface area contributed by atoms with Crippen LogP contribution in [0.1, 0.15) is 34.1 Å². The largest absolute Gasteiger partial charge is 0.500 e. The van der Waals surface area contributed by atoms with Crippen LogP contribution in [0.4, 0.5) is 27.5 Å². The Bertz CT molecular complexity index is 1020. The van der Waals surface area contributed by atoms with Crippen molar-refractivity contribution >= 4 is 37.6 Å². The molecule has 0 fully saturated rings. The van der Waals surface area contributed by atoms with Crippen molar-refractivity contribution in [3.05, 3.63) is 58.6 Å². The molecule has 2 aromatic rings. The van der Waals surface area contributed by atoms with Gasteiger partial charge in [0.05, 0.1) is 22.8 Å². The van der Waals surface area contributed by atoms with Crippen molar-refractivity contribution in [2.45, 2.75) is 40.2 Å². The third-order valence-electron chi connectivity index (χ3n) is 5.55. The molecule has 0 aromatic heterocycles. The van der Waals surface area contributed by atoms with Crippen LogP contribution in [-0.2, 0) is 18.0 Å². The fourth-order valence-corrected chi connectivity index (χ4v) is 6.36. The number of hydrogen-bond donors (Lipinski definition) is 1. The molecule has 13 heteroatoms. The van der Waals surface area contributed by atoms with Crippen LogP contribution in [0.15, 0.2) is 58.8 Å². The Morgan fingerprint density at radius 3 is 1.95 bits per heavy atom. The fraction of sp³-hybridized carbons (Fsp3) is 0.500. The first-order valence-electron chi connectivity index (χ1n) is 13.2. The number of nitrogens with one attached hydrogen (secondary N) is 1. The number of amides is 1. The van der Waals surface area contributed by atoms with Gasteiger partial charge in [0, 0.05) is 56.8 Å². The number of carbonyl (C=O) groups excluding carboxylic acids is 1. The van der Waals surface area contributed by atoms with Crippen LogP contribution in [0.25, 0.3) is 0 Å². The monoisotopic (exact) mass is 561 g/mol. The van der Waals surface area contributed by atoms with E-state index in [9.17, 15) is 14.9 Å². The number of azo groups is 1. The number of benzene rings is 2. The summed E-state index contributed by atoms with van der Waals surface area (Å²) in [6, 6.07) is 14.0. The summed E-state index contributed by atoms with van der Waals surface area (Å²) in [6.07, 6.45) is 0.195. The zero-order chi connectivity index (χ0) is 28.5. The molecular formula is C26H39N5O7Si. The maximum absolute atomic E-state index is 12.1. The molecule has 0 saturated carbocycles. The van der Waals surface area contributed by atoms with Gasteiger partial charge in [-0.05, 0) is 70.5 Å². The number of alkyl carbamates (subject to hydrolysis) is 1. The van der Waals surface area contributed by atoms with E-state index in [-0.39, 0.29) is 12.3 Å². The van der Waals surface area contributed by atoms with Crippen molar-refractivity contribution in [3.63, 3.8) is 0 Å². The number of anilines is 1. The van der Waals surface area contributed by atoms with Crippen molar-refractivity contribution in [3.8, 4) is 0 Å². The molecule has 0 heterocycles. The quantitative estimate of drug-likeness (QED) is 0.0769. The van der Waals surface area contributed by atoms with Crippen LogP contribution in [0.3, 0.4) is 0 Å². The van der Waals surface area contributed by atoms with E-state index in [1.165, 1.54) is 12.1 Å². The summed E-state index contributed by atoms with van der Waals surface area (Å²) in [7, 11) is -2.72. The van der Waals surface area contributed by atoms with E-state index in [2.05, 4.69) is 20.4 Å². The average Bonchev–Trinajstić information content (AvgIpc) is 2.93. The lowest BCUT2D eigenvalue weighted by atomic mass is 10.2. The van der Waals surface area contributed by atoms with Gasteiger partial charge in [-0.15, -0.1) is 0 Å². The molecule has 2 rings (SSSR count). The second kappa shape index (κ2) is 17.2. The molecule has 1 N–H and O–H groups in total. The average molecular weight is 562 g/mol. The number of nitro groups is 1. The SMILES string of the molecule is CCO[Si](CCCNC(=O)OCCN(CC)c1ccc(N=Nc2ccc([N+](=O)[O-])cc2)cc1)(OCC)OCC. The van der Waals surface area contributed by atoms with Gasteiger partial charge in [-0.1, -0.05) is 0 Å². The molecule has 0 aliphatic heterocycles. The van der Waals surface area contributed by atoms with E-state index in [0.717, 1.165) is 12.2 Å². The lowest BCUT2D eigenvalue weighted by Crippen LogP contribution is -2.46. The third kappa shape index (κ3) is 11.1. The minimum atomic E-state index is -2.72. The second-order valence-electron chi connectivity index (χ2n) is 8.22. The van der Waals surface area contributed by atoms with Crippen LogP contribution < -0.4 is 10.2 Å². The van der Waals surface area contributed by atoms with Crippen molar-refractivity contribution in [1.82, 2.24) is 5.32 Å². The summed E-state index contributed by atoms with van der Waals surface area (Å²) in [5.41, 5.74) is 2.13. The summed E-state index contributed by atoms with van der Waals surface area (Å²) < 4.78 is 22.8. The summed E-state index contributed by atoms with van der Waals surface area (Å²) in [5, 5.41) is 21.8. The van der Waals surface area contributed by atoms with E-state index < -0.39 is 19.8 Å². The molecule has 0 aliphatic carbocycles. The van der Waals surface area contributed by atoms with E-state index in [1.54, 1.807) is 12.1 Å². The highest BCUT2D eigenvalue weighted by molar-refractivity contribution is 6.60. The molecule has 12 nitrogen and oxygen atoms in total. The summed E-state index contributed by atoms with van der Waals surface area (Å²) in [6.45, 7) is 11.3. The number of nitro benzene ring substituents is 1. The Labute approximate surface area is 230 Å². The molecule has 0 unspecified atom stereocenters. The molecule has 0 spiro atoms. The minimum absolute atomic E-state index is 0.00418. The topological polar surface area (TPSA) is 137 Å². The zero-order valence-electron chi connectivity index (χ0n) is 23.1. The van der Waals surface area contributed by atoms with Gasteiger partial charge in [0.2, 0.25) is 0 Å². The van der Waals surface area contributed by atoms with Crippen LogP contribution in [0.2, 0.25) is 6.04 Å². The molecule has 2 aromatic carbocycles. The number of ether oxygens (including phenoxy) is 1. The Kier molecular flexibility index (Phi) is 14.1. The van der Waals surface area contributed by atoms with Gasteiger partial charge in [-0.2, -0.15) is 10.2 Å². The molecule has 0 saturated heterocycles. The van der Waals surface area contributed by atoms with E-state index >= 15 is 0 Å². The maximum Gasteiger partial charge on any atom is 0.500 e. The Balaban J connectivity index is 1.76. The molecule has 1 amide bonds. The van der Waals surface area contributed by atoms with Crippen molar-refractivity contribution in [1.29, 1.82) is 0 Å². The van der Waals surface area contributed by atoms with E-state index in [1.807, 2.05) is 52.0 Å². The van der Waals surface area contributed by atoms with Crippen molar-refractivity contribution < 1.29 is 27.7 Å². The fourth-order valence-electron chi connectivity index (χ4n) is 3.75. The Morgan fingerprint density at radius 2 is 1.46 bits per heavy atom. The van der Waals surface area contributed by atoms with Crippen molar-refractivity contribution in [2.24, 2.45) is 10.2 Å². The van der Waals surface area contributed by atoms with Gasteiger partial charge in [-0.25, -0.2) is 4.79 Å². The number of nitrogens with zero attached hydrogens (tertiary/aromatic N) is 4. The number of likely N-dealkylation sites (N-methyl/N-ethyl adjacent to an activating group) is 1. The molecule has 214 valence electrons. The third-order valence-corrected chi connectivity index (χ3v) is 8.71. The van der Waals surface area contributed by atoms with Gasteiger partial charge >= 0.3 is 14.9 Å². The highest BCUT2D eigenvalue weighted by Gasteiger charge is 2.39. The Hall–Kier alpha value is -3.39. The number of hydrogen-bond acceptors (Lipinski definition) is 10. The standard InChI is InChI=1S/C26H39N5O7Si/c1-5-30(19-20-35-26(32)27-18-9-21-39(36-6-2,37-7-3)38-8-4)24-14-10-22(11-15-24)28-29-23-12-16-25(17-13-23)31(33)34/h10-17H,5-9,18-21H2,1-4H3,(H,27,32). The van der Waals surface area contributed by atoms with Crippen LogP contribution in [0.5, 0.6) is 0 Å². The highest BCUT2D eigenvalue weighted by Crippen LogP contribution is 2.24. The van der Waals surface area contributed by atoms with Crippen LogP contribution in [-0.4, -0.2) is 65.9 Å². The lowest BCUT2D eigenvalue weighted by Gasteiger charge is -2.28. The molecule has 0 bridgehead atoms. The highest BCUT2D eigenvalue weighted by atomic mass is 28.4. The second-order valence-corrected chi connectivity index (χ2v) is 10.9. The van der Waals surface area contributed by atoms with Gasteiger partial charge in [0.15, 0.2) is 0 Å². The number of rotatable bonds is 18. The zero-order valence-corrected chi connectivity index (χ0v) is 24.1. The normalized spacial score (nSPS) is 11.5.